The van der Waals surface area contributed by atoms with Gasteiger partial charge in [0.25, 0.3) is 11.4 Å². The fraction of sp³-hybridized carbons (Fsp3) is 0. The van der Waals surface area contributed by atoms with Gasteiger partial charge in [-0.2, -0.15) is 4.21 Å². The average Bonchev–Trinajstić information content (AvgIpc) is 1.19. The van der Waals surface area contributed by atoms with Crippen LogP contribution in [0, 0.1) is 0 Å². The third-order valence-corrected chi connectivity index (χ3v) is 0. The summed E-state index contributed by atoms with van der Waals surface area (Å²) in [6, 6.07) is 0. The molecule has 10 heteroatoms. The van der Waals surface area contributed by atoms with Gasteiger partial charge in [-0.15, -0.1) is 0 Å². The van der Waals surface area contributed by atoms with Crippen LogP contribution in [-0.2, 0) is 11.4 Å². The van der Waals surface area contributed by atoms with E-state index in [-0.39, 0.29) is 40.6 Å². The van der Waals surface area contributed by atoms with E-state index in [0.29, 0.717) is 0 Å². The van der Waals surface area contributed by atoms with E-state index in [1.807, 2.05) is 0 Å². The minimum absolute atomic E-state index is 0. The van der Waals surface area contributed by atoms with Crippen LogP contribution < -0.4 is 0 Å². The monoisotopic (exact) mass is 220 g/mol. The van der Waals surface area contributed by atoms with E-state index in [1.165, 1.54) is 0 Å². The second-order valence-corrected chi connectivity index (χ2v) is 2.49. The van der Waals surface area contributed by atoms with Crippen LogP contribution in [-0.4, -0.2) is 79.3 Å². The van der Waals surface area contributed by atoms with Crippen molar-refractivity contribution in [3.63, 3.8) is 0 Å². The molecule has 0 aliphatic rings. The van der Waals surface area contributed by atoms with Gasteiger partial charge < -0.3 is 22.0 Å². The summed E-state index contributed by atoms with van der Waals surface area (Å²) in [6.07, 6.45) is 0. The van der Waals surface area contributed by atoms with Gasteiger partial charge in [0, 0.05) is 0 Å². The first-order chi connectivity index (χ1) is 3.73. The van der Waals surface area contributed by atoms with Crippen molar-refractivity contribution in [3.05, 3.63) is 0 Å². The van der Waals surface area contributed by atoms with Crippen molar-refractivity contribution < 1.29 is 35.4 Å². The quantitative estimate of drug-likeness (QED) is 0.188. The largest absolute Gasteiger partial charge is 2.00 e. The molecule has 0 bridgehead atoms. The molecule has 0 saturated heterocycles. The van der Waals surface area contributed by atoms with Gasteiger partial charge in [0.15, 0.2) is 0 Å². The number of hydrogen-bond acceptors (Lipinski definition) is 5. The van der Waals surface area contributed by atoms with Crippen molar-refractivity contribution in [1.29, 1.82) is 0 Å². The van der Waals surface area contributed by atoms with Gasteiger partial charge in [0.1, 0.15) is 0 Å². The summed E-state index contributed by atoms with van der Waals surface area (Å²) in [6.45, 7) is 0. The van der Waals surface area contributed by atoms with Gasteiger partial charge in [-0.1, -0.05) is 0 Å². The third-order valence-electron chi connectivity index (χ3n) is 0. The molecule has 6 N–H and O–H groups in total. The Labute approximate surface area is 92.9 Å². The van der Waals surface area contributed by atoms with E-state index in [1.54, 1.807) is 0 Å². The van der Waals surface area contributed by atoms with Crippen LogP contribution in [0.1, 0.15) is 2.85 Å². The minimum Gasteiger partial charge on any atom is -1.00 e. The Balaban J connectivity index is -0.0000000221. The summed E-state index contributed by atoms with van der Waals surface area (Å²) in [5.41, 5.74) is 0. The standard InChI is InChI=1S/Ca.H4O4Si.H2O3S.2H/c;1-5(2,3)4;1-4(2)3;;/h;1-4H;(H2,1,2,3);;/q+2;;;2*-1. The molecule has 0 fully saturated rings. The van der Waals surface area contributed by atoms with Gasteiger partial charge >= 0.3 is 46.8 Å². The van der Waals surface area contributed by atoms with Crippen LogP contribution in [0.3, 0.4) is 0 Å². The van der Waals surface area contributed by atoms with Crippen molar-refractivity contribution >= 4 is 58.1 Å². The number of hydrogen-bond donors (Lipinski definition) is 6. The molecule has 0 aromatic rings. The zero-order valence-corrected chi connectivity index (χ0v) is 8.73. The van der Waals surface area contributed by atoms with Crippen molar-refractivity contribution in [2.24, 2.45) is 0 Å². The van der Waals surface area contributed by atoms with Crippen molar-refractivity contribution in [3.8, 4) is 0 Å². The predicted molar refractivity (Wildman–Crippen MR) is 36.0 cm³/mol. The molecule has 0 unspecified atom stereocenters. The Kier molecular flexibility index (Phi) is 14.8. The molecule has 0 spiro atoms. The maximum absolute atomic E-state index is 8.67. The van der Waals surface area contributed by atoms with Crippen LogP contribution in [0.5, 0.6) is 0 Å². The third kappa shape index (κ3) is 343. The summed E-state index contributed by atoms with van der Waals surface area (Å²) in [4.78, 5) is 29.3. The van der Waals surface area contributed by atoms with Gasteiger partial charge in [-0.25, -0.2) is 0 Å². The normalized spacial score (nSPS) is 9.50. The fourth-order valence-corrected chi connectivity index (χ4v) is 0. The maximum Gasteiger partial charge on any atom is 2.00 e. The summed E-state index contributed by atoms with van der Waals surface area (Å²) in [5, 5.41) is 0. The first kappa shape index (κ1) is 17.5. The minimum atomic E-state index is -4.61. The summed E-state index contributed by atoms with van der Waals surface area (Å²) in [7, 11) is -4.61. The molecule has 0 aromatic heterocycles. The molecule has 10 heavy (non-hydrogen) atoms. The second kappa shape index (κ2) is 8.48. The average molecular weight is 220 g/mol. The van der Waals surface area contributed by atoms with Gasteiger partial charge in [0.05, 0.1) is 0 Å². The van der Waals surface area contributed by atoms with E-state index in [0.717, 1.165) is 0 Å². The van der Waals surface area contributed by atoms with E-state index in [4.69, 9.17) is 32.5 Å². The first-order valence-corrected chi connectivity index (χ1v) is 4.28. The Morgan fingerprint density at radius 1 is 1.10 bits per heavy atom. The molecule has 0 aliphatic heterocycles. The van der Waals surface area contributed by atoms with Crippen molar-refractivity contribution in [1.82, 2.24) is 0 Å². The molecular weight excluding hydrogens is 212 g/mol. The van der Waals surface area contributed by atoms with Crippen molar-refractivity contribution in [2.45, 2.75) is 0 Å². The molecule has 0 amide bonds. The Bertz CT molecular complexity index is 83.9. The molecule has 0 rings (SSSR count). The molecule has 0 radical (unpaired) electrons. The summed E-state index contributed by atoms with van der Waals surface area (Å²) in [5.74, 6) is 0. The van der Waals surface area contributed by atoms with Gasteiger partial charge in [0.2, 0.25) is 0 Å². The van der Waals surface area contributed by atoms with Gasteiger partial charge in [-0.05, 0) is 0 Å². The second-order valence-electron chi connectivity index (χ2n) is 0.831. The maximum atomic E-state index is 8.67. The molecule has 0 saturated carbocycles. The Morgan fingerprint density at radius 3 is 1.10 bits per heavy atom. The van der Waals surface area contributed by atoms with E-state index >= 15 is 0 Å². The van der Waals surface area contributed by atoms with Crippen LogP contribution >= 0.6 is 0 Å². The molecule has 0 aliphatic carbocycles. The SMILES string of the molecule is O=S(O)O.O[Si](O)(O)O.[Ca+2].[H-].[H-]. The van der Waals surface area contributed by atoms with Crippen LogP contribution in [0.15, 0.2) is 0 Å². The summed E-state index contributed by atoms with van der Waals surface area (Å²) >= 11 is -2.61. The number of rotatable bonds is 0. The van der Waals surface area contributed by atoms with Crippen LogP contribution in [0.2, 0.25) is 0 Å². The first-order valence-electron chi connectivity index (χ1n) is 1.43. The molecule has 0 aromatic carbocycles. The van der Waals surface area contributed by atoms with E-state index in [9.17, 15) is 0 Å². The van der Waals surface area contributed by atoms with Gasteiger partial charge in [-0.3, -0.25) is 9.11 Å². The summed E-state index contributed by atoms with van der Waals surface area (Å²) < 4.78 is 22.8. The molecule has 0 heterocycles. The Morgan fingerprint density at radius 2 is 1.10 bits per heavy atom. The van der Waals surface area contributed by atoms with Crippen LogP contribution in [0.4, 0.5) is 0 Å². The zero-order chi connectivity index (χ0) is 8.08. The Hall–Kier alpha value is 1.39. The van der Waals surface area contributed by atoms with E-state index < -0.39 is 20.4 Å². The fourth-order valence-electron chi connectivity index (χ4n) is 0. The molecule has 7 nitrogen and oxygen atoms in total. The molecule has 0 atom stereocenters. The predicted octanol–water partition coefficient (Wildman–Crippen LogP) is -3.08. The smallest absolute Gasteiger partial charge is 1.00 e. The molecular formula is H8CaO7SSi. The van der Waals surface area contributed by atoms with Crippen molar-refractivity contribution in [2.75, 3.05) is 0 Å². The molecule has 62 valence electrons. The van der Waals surface area contributed by atoms with E-state index in [2.05, 4.69) is 0 Å². The van der Waals surface area contributed by atoms with Crippen LogP contribution in [0.25, 0.3) is 0 Å². The zero-order valence-electron chi connectivity index (χ0n) is 6.71. The topological polar surface area (TPSA) is 138 Å².